The Morgan fingerprint density at radius 1 is 1.69 bits per heavy atom. The van der Waals surface area contributed by atoms with Crippen LogP contribution in [0.1, 0.15) is 31.4 Å². The molecule has 2 unspecified atom stereocenters. The van der Waals surface area contributed by atoms with Gasteiger partial charge in [-0.1, -0.05) is 6.92 Å². The summed E-state index contributed by atoms with van der Waals surface area (Å²) in [5, 5.41) is 5.89. The molecule has 0 bridgehead atoms. The first kappa shape index (κ1) is 12.6. The van der Waals surface area contributed by atoms with Crippen LogP contribution in [0, 0.1) is 5.92 Å². The van der Waals surface area contributed by atoms with Gasteiger partial charge in [-0.2, -0.15) is 0 Å². The summed E-state index contributed by atoms with van der Waals surface area (Å²) in [5.74, 6) is 0.632. The summed E-state index contributed by atoms with van der Waals surface area (Å²) < 4.78 is 6.71. The Balaban J connectivity index is 2.06. The van der Waals surface area contributed by atoms with Crippen molar-refractivity contribution >= 4 is 27.3 Å². The average molecular weight is 304 g/mol. The molecule has 4 heteroatoms. The van der Waals surface area contributed by atoms with Gasteiger partial charge in [0, 0.05) is 18.6 Å². The maximum absolute atomic E-state index is 5.50. The molecule has 16 heavy (non-hydrogen) atoms. The molecule has 2 atom stereocenters. The monoisotopic (exact) mass is 303 g/mol. The molecule has 0 spiro atoms. The van der Waals surface area contributed by atoms with Crippen LogP contribution in [0.15, 0.2) is 15.2 Å². The minimum absolute atomic E-state index is 0.463. The highest BCUT2D eigenvalue weighted by molar-refractivity contribution is 9.11. The normalized spacial score (nSPS) is 22.5. The van der Waals surface area contributed by atoms with E-state index in [4.69, 9.17) is 4.74 Å². The van der Waals surface area contributed by atoms with Gasteiger partial charge in [0.25, 0.3) is 0 Å². The van der Waals surface area contributed by atoms with Crippen LogP contribution in [-0.4, -0.2) is 19.8 Å². The zero-order valence-corrected chi connectivity index (χ0v) is 11.9. The van der Waals surface area contributed by atoms with Crippen molar-refractivity contribution in [2.24, 2.45) is 5.92 Å². The minimum atomic E-state index is 0.463. The first-order valence-electron chi connectivity index (χ1n) is 5.86. The van der Waals surface area contributed by atoms with Crippen molar-refractivity contribution in [3.63, 3.8) is 0 Å². The van der Waals surface area contributed by atoms with E-state index in [1.54, 1.807) is 11.3 Å². The molecule has 1 aliphatic rings. The van der Waals surface area contributed by atoms with Crippen LogP contribution in [0.25, 0.3) is 0 Å². The molecule has 2 nitrogen and oxygen atoms in total. The van der Waals surface area contributed by atoms with E-state index in [1.807, 2.05) is 0 Å². The van der Waals surface area contributed by atoms with Gasteiger partial charge >= 0.3 is 0 Å². The third kappa shape index (κ3) is 3.06. The summed E-state index contributed by atoms with van der Waals surface area (Å²) in [7, 11) is 0. The van der Waals surface area contributed by atoms with Gasteiger partial charge in [-0.3, -0.25) is 0 Å². The molecule has 2 rings (SSSR count). The Hall–Kier alpha value is 0.1000. The molecule has 1 fully saturated rings. The quantitative estimate of drug-likeness (QED) is 0.897. The number of ether oxygens (including phenoxy) is 1. The molecule has 1 aromatic rings. The van der Waals surface area contributed by atoms with Crippen molar-refractivity contribution in [2.45, 2.75) is 25.8 Å². The van der Waals surface area contributed by atoms with E-state index in [1.165, 1.54) is 22.2 Å². The minimum Gasteiger partial charge on any atom is -0.381 e. The number of nitrogens with one attached hydrogen (secondary N) is 1. The van der Waals surface area contributed by atoms with E-state index in [9.17, 15) is 0 Å². The topological polar surface area (TPSA) is 21.3 Å². The van der Waals surface area contributed by atoms with Crippen LogP contribution >= 0.6 is 27.3 Å². The highest BCUT2D eigenvalue weighted by atomic mass is 79.9. The summed E-state index contributed by atoms with van der Waals surface area (Å²) >= 11 is 5.30. The van der Waals surface area contributed by atoms with Gasteiger partial charge < -0.3 is 10.1 Å². The van der Waals surface area contributed by atoms with Gasteiger partial charge in [-0.25, -0.2) is 0 Å². The molecular formula is C12H18BrNOS. The number of halogens is 1. The van der Waals surface area contributed by atoms with E-state index in [2.05, 4.69) is 39.6 Å². The third-order valence-electron chi connectivity index (χ3n) is 3.00. The van der Waals surface area contributed by atoms with E-state index >= 15 is 0 Å². The van der Waals surface area contributed by atoms with Crippen molar-refractivity contribution in [3.8, 4) is 0 Å². The largest absolute Gasteiger partial charge is 0.381 e. The lowest BCUT2D eigenvalue weighted by Gasteiger charge is -2.23. The highest BCUT2D eigenvalue weighted by Gasteiger charge is 2.27. The zero-order valence-electron chi connectivity index (χ0n) is 9.54. The molecule has 1 N–H and O–H groups in total. The van der Waals surface area contributed by atoms with Gasteiger partial charge in [-0.15, -0.1) is 11.3 Å². The van der Waals surface area contributed by atoms with Crippen molar-refractivity contribution in [1.82, 2.24) is 5.32 Å². The van der Waals surface area contributed by atoms with Crippen molar-refractivity contribution in [2.75, 3.05) is 19.8 Å². The maximum atomic E-state index is 5.50. The Bertz CT molecular complexity index is 323. The summed E-state index contributed by atoms with van der Waals surface area (Å²) in [6.07, 6.45) is 2.35. The van der Waals surface area contributed by atoms with Crippen LogP contribution in [-0.2, 0) is 4.74 Å². The lowest BCUT2D eigenvalue weighted by molar-refractivity contribution is 0.176. The van der Waals surface area contributed by atoms with Gasteiger partial charge in [0.1, 0.15) is 0 Å². The van der Waals surface area contributed by atoms with E-state index in [0.29, 0.717) is 12.0 Å². The molecule has 1 saturated heterocycles. The fourth-order valence-electron chi connectivity index (χ4n) is 2.16. The molecular weight excluding hydrogens is 286 g/mol. The van der Waals surface area contributed by atoms with Crippen LogP contribution in [0.4, 0.5) is 0 Å². The Morgan fingerprint density at radius 2 is 2.56 bits per heavy atom. The standard InChI is InChI=1S/C12H18BrNOS/c1-2-4-14-12(9-3-5-15-7-9)10-6-11(13)16-8-10/h6,8-9,12,14H,2-5,7H2,1H3. The fourth-order valence-corrected chi connectivity index (χ4v) is 3.37. The predicted molar refractivity (Wildman–Crippen MR) is 72.0 cm³/mol. The zero-order chi connectivity index (χ0) is 11.4. The lowest BCUT2D eigenvalue weighted by atomic mass is 9.94. The second-order valence-corrected chi connectivity index (χ2v) is 6.53. The molecule has 0 amide bonds. The molecule has 1 aromatic heterocycles. The first-order chi connectivity index (χ1) is 7.81. The number of rotatable bonds is 5. The van der Waals surface area contributed by atoms with Crippen LogP contribution < -0.4 is 5.32 Å². The van der Waals surface area contributed by atoms with Crippen LogP contribution in [0.3, 0.4) is 0 Å². The molecule has 0 aromatic carbocycles. The maximum Gasteiger partial charge on any atom is 0.0701 e. The van der Waals surface area contributed by atoms with Crippen LogP contribution in [0.2, 0.25) is 0 Å². The summed E-state index contributed by atoms with van der Waals surface area (Å²) in [6.45, 7) is 5.10. The van der Waals surface area contributed by atoms with Gasteiger partial charge in [0.2, 0.25) is 0 Å². The third-order valence-corrected chi connectivity index (χ3v) is 4.52. The lowest BCUT2D eigenvalue weighted by Crippen LogP contribution is -2.29. The number of hydrogen-bond donors (Lipinski definition) is 1. The number of hydrogen-bond acceptors (Lipinski definition) is 3. The second kappa shape index (κ2) is 6.15. The van der Waals surface area contributed by atoms with E-state index in [-0.39, 0.29) is 0 Å². The fraction of sp³-hybridized carbons (Fsp3) is 0.667. The molecule has 0 saturated carbocycles. The predicted octanol–water partition coefficient (Wildman–Crippen LogP) is 3.59. The van der Waals surface area contributed by atoms with Crippen molar-refractivity contribution in [1.29, 1.82) is 0 Å². The molecule has 0 radical (unpaired) electrons. The highest BCUT2D eigenvalue weighted by Crippen LogP contribution is 2.33. The van der Waals surface area contributed by atoms with Gasteiger partial charge in [-0.05, 0) is 52.3 Å². The van der Waals surface area contributed by atoms with Gasteiger partial charge in [0.05, 0.1) is 10.4 Å². The average Bonchev–Trinajstić information content (AvgIpc) is 2.91. The summed E-state index contributed by atoms with van der Waals surface area (Å²) in [5.41, 5.74) is 1.40. The van der Waals surface area contributed by atoms with Gasteiger partial charge in [0.15, 0.2) is 0 Å². The smallest absolute Gasteiger partial charge is 0.0701 e. The summed E-state index contributed by atoms with van der Waals surface area (Å²) in [4.78, 5) is 0. The molecule has 2 heterocycles. The van der Waals surface area contributed by atoms with Crippen molar-refractivity contribution < 1.29 is 4.74 Å². The van der Waals surface area contributed by atoms with Crippen LogP contribution in [0.5, 0.6) is 0 Å². The Labute approximate surface area is 110 Å². The number of thiophene rings is 1. The molecule has 90 valence electrons. The SMILES string of the molecule is CCCNC(c1csc(Br)c1)C1CCOC1. The Morgan fingerprint density at radius 3 is 3.12 bits per heavy atom. The van der Waals surface area contributed by atoms with E-state index in [0.717, 1.165) is 19.8 Å². The molecule has 1 aliphatic heterocycles. The van der Waals surface area contributed by atoms with E-state index < -0.39 is 0 Å². The Kier molecular flexibility index (Phi) is 4.82. The summed E-state index contributed by atoms with van der Waals surface area (Å²) in [6, 6.07) is 2.70. The first-order valence-corrected chi connectivity index (χ1v) is 7.53. The molecule has 0 aliphatic carbocycles. The van der Waals surface area contributed by atoms with Crippen molar-refractivity contribution in [3.05, 3.63) is 20.8 Å². The second-order valence-electron chi connectivity index (χ2n) is 4.24.